The monoisotopic (exact) mass is 299 g/mol. The molecule has 2 aromatic rings. The number of benzene rings is 1. The van der Waals surface area contributed by atoms with Crippen LogP contribution in [-0.4, -0.2) is 10.5 Å². The number of hydrogen-bond donors (Lipinski definition) is 2. The third-order valence-electron chi connectivity index (χ3n) is 3.96. The van der Waals surface area contributed by atoms with Crippen LogP contribution < -0.4 is 11.1 Å². The lowest BCUT2D eigenvalue weighted by Gasteiger charge is -2.13. The normalized spacial score (nSPS) is 11.0. The first-order valence-electron chi connectivity index (χ1n) is 7.68. The van der Waals surface area contributed by atoms with Crippen molar-refractivity contribution in [1.29, 1.82) is 0 Å². The number of nitrogens with one attached hydrogen (secondary N) is 1. The van der Waals surface area contributed by atoms with Gasteiger partial charge in [-0.3, -0.25) is 4.79 Å². The summed E-state index contributed by atoms with van der Waals surface area (Å²) in [5.41, 5.74) is 10.6. The highest BCUT2D eigenvalue weighted by atomic mass is 16.1. The highest BCUT2D eigenvalue weighted by Gasteiger charge is 2.16. The van der Waals surface area contributed by atoms with E-state index in [4.69, 9.17) is 5.73 Å². The first-order valence-corrected chi connectivity index (χ1v) is 7.68. The molecule has 0 aliphatic rings. The van der Waals surface area contributed by atoms with E-state index >= 15 is 0 Å². The molecule has 0 spiro atoms. The van der Waals surface area contributed by atoms with E-state index in [9.17, 15) is 4.79 Å². The van der Waals surface area contributed by atoms with Crippen LogP contribution in [0.1, 0.15) is 52.8 Å². The molecular weight excluding hydrogens is 274 g/mol. The lowest BCUT2D eigenvalue weighted by molar-refractivity contribution is 0.0950. The lowest BCUT2D eigenvalue weighted by atomic mass is 10.1. The third kappa shape index (κ3) is 3.39. The lowest BCUT2D eigenvalue weighted by Crippen LogP contribution is -2.23. The molecule has 118 valence electrons. The SMILES string of the molecule is Cc1cc(C(=O)NCc2ccc(CN)cc2)c(C)n1C(C)C. The van der Waals surface area contributed by atoms with Crippen molar-refractivity contribution in [3.8, 4) is 0 Å². The van der Waals surface area contributed by atoms with Crippen molar-refractivity contribution in [3.05, 3.63) is 58.4 Å². The van der Waals surface area contributed by atoms with Crippen LogP contribution in [0.25, 0.3) is 0 Å². The van der Waals surface area contributed by atoms with Crippen LogP contribution in [0.3, 0.4) is 0 Å². The number of carbonyl (C=O) groups excluding carboxylic acids is 1. The van der Waals surface area contributed by atoms with E-state index in [-0.39, 0.29) is 5.91 Å². The van der Waals surface area contributed by atoms with E-state index < -0.39 is 0 Å². The second kappa shape index (κ2) is 6.79. The van der Waals surface area contributed by atoms with Crippen molar-refractivity contribution in [1.82, 2.24) is 9.88 Å². The first kappa shape index (κ1) is 16.3. The van der Waals surface area contributed by atoms with Gasteiger partial charge in [-0.1, -0.05) is 24.3 Å². The highest BCUT2D eigenvalue weighted by Crippen LogP contribution is 2.20. The Morgan fingerprint density at radius 1 is 1.18 bits per heavy atom. The molecule has 0 aliphatic heterocycles. The second-order valence-electron chi connectivity index (χ2n) is 5.95. The summed E-state index contributed by atoms with van der Waals surface area (Å²) in [4.78, 5) is 12.4. The largest absolute Gasteiger partial charge is 0.348 e. The zero-order valence-corrected chi connectivity index (χ0v) is 13.8. The molecule has 4 heteroatoms. The summed E-state index contributed by atoms with van der Waals surface area (Å²) in [5, 5.41) is 2.99. The Kier molecular flexibility index (Phi) is 5.03. The van der Waals surface area contributed by atoms with Crippen molar-refractivity contribution in [2.75, 3.05) is 0 Å². The molecule has 1 aromatic heterocycles. The second-order valence-corrected chi connectivity index (χ2v) is 5.95. The zero-order chi connectivity index (χ0) is 16.3. The molecule has 0 unspecified atom stereocenters. The van der Waals surface area contributed by atoms with Crippen LogP contribution in [0.2, 0.25) is 0 Å². The van der Waals surface area contributed by atoms with Crippen LogP contribution in [0, 0.1) is 13.8 Å². The maximum atomic E-state index is 12.4. The molecule has 0 fully saturated rings. The van der Waals surface area contributed by atoms with Crippen molar-refractivity contribution < 1.29 is 4.79 Å². The molecule has 22 heavy (non-hydrogen) atoms. The molecule has 0 saturated heterocycles. The van der Waals surface area contributed by atoms with Crippen molar-refractivity contribution in [2.45, 2.75) is 46.8 Å². The van der Waals surface area contributed by atoms with Crippen LogP contribution in [0.4, 0.5) is 0 Å². The molecule has 2 rings (SSSR count). The van der Waals surface area contributed by atoms with Crippen LogP contribution in [0.15, 0.2) is 30.3 Å². The topological polar surface area (TPSA) is 60.1 Å². The molecule has 0 atom stereocenters. The van der Waals surface area contributed by atoms with Crippen molar-refractivity contribution in [3.63, 3.8) is 0 Å². The number of rotatable bonds is 5. The Morgan fingerprint density at radius 3 is 2.27 bits per heavy atom. The average Bonchev–Trinajstić information content (AvgIpc) is 2.80. The Labute approximate surface area is 132 Å². The third-order valence-corrected chi connectivity index (χ3v) is 3.96. The van der Waals surface area contributed by atoms with Gasteiger partial charge in [-0.05, 0) is 44.9 Å². The number of amides is 1. The summed E-state index contributed by atoms with van der Waals surface area (Å²) >= 11 is 0. The Hall–Kier alpha value is -2.07. The van der Waals surface area contributed by atoms with E-state index in [2.05, 4.69) is 23.7 Å². The minimum Gasteiger partial charge on any atom is -0.348 e. The van der Waals surface area contributed by atoms with Gasteiger partial charge in [0.25, 0.3) is 5.91 Å². The fourth-order valence-electron chi connectivity index (χ4n) is 2.87. The number of nitrogens with two attached hydrogens (primary N) is 1. The predicted molar refractivity (Wildman–Crippen MR) is 89.8 cm³/mol. The molecule has 0 radical (unpaired) electrons. The van der Waals surface area contributed by atoms with Gasteiger partial charge in [0.05, 0.1) is 5.56 Å². The van der Waals surface area contributed by atoms with Gasteiger partial charge in [0.15, 0.2) is 0 Å². The van der Waals surface area contributed by atoms with E-state index in [1.54, 1.807) is 0 Å². The average molecular weight is 299 g/mol. The van der Waals surface area contributed by atoms with Crippen molar-refractivity contribution in [2.24, 2.45) is 5.73 Å². The van der Waals surface area contributed by atoms with Gasteiger partial charge in [-0.15, -0.1) is 0 Å². The number of nitrogens with zero attached hydrogens (tertiary/aromatic N) is 1. The number of hydrogen-bond acceptors (Lipinski definition) is 2. The zero-order valence-electron chi connectivity index (χ0n) is 13.8. The maximum absolute atomic E-state index is 12.4. The summed E-state index contributed by atoms with van der Waals surface area (Å²) in [5.74, 6) is -0.0251. The summed E-state index contributed by atoms with van der Waals surface area (Å²) in [6.45, 7) is 9.34. The number of carbonyl (C=O) groups is 1. The molecule has 0 saturated carbocycles. The Balaban J connectivity index is 2.07. The van der Waals surface area contributed by atoms with Gasteiger partial charge in [0, 0.05) is 30.5 Å². The van der Waals surface area contributed by atoms with Crippen LogP contribution >= 0.6 is 0 Å². The standard InChI is InChI=1S/C18H25N3O/c1-12(2)21-13(3)9-17(14(21)4)18(22)20-11-16-7-5-15(10-19)6-8-16/h5-9,12H,10-11,19H2,1-4H3,(H,20,22). The molecule has 4 nitrogen and oxygen atoms in total. The molecule has 0 bridgehead atoms. The molecule has 0 aliphatic carbocycles. The fourth-order valence-corrected chi connectivity index (χ4v) is 2.87. The minimum absolute atomic E-state index is 0.0251. The van der Waals surface area contributed by atoms with Crippen LogP contribution in [-0.2, 0) is 13.1 Å². The Morgan fingerprint density at radius 2 is 1.77 bits per heavy atom. The van der Waals surface area contributed by atoms with Gasteiger partial charge in [-0.25, -0.2) is 0 Å². The highest BCUT2D eigenvalue weighted by molar-refractivity contribution is 5.95. The summed E-state index contributed by atoms with van der Waals surface area (Å²) in [6.07, 6.45) is 0. The summed E-state index contributed by atoms with van der Waals surface area (Å²) in [6, 6.07) is 10.3. The molecule has 1 amide bonds. The van der Waals surface area contributed by atoms with Gasteiger partial charge >= 0.3 is 0 Å². The number of aryl methyl sites for hydroxylation is 1. The molecule has 1 heterocycles. The van der Waals surface area contributed by atoms with Gasteiger partial charge in [0.2, 0.25) is 0 Å². The van der Waals surface area contributed by atoms with Crippen LogP contribution in [0.5, 0.6) is 0 Å². The van der Waals surface area contributed by atoms with Gasteiger partial charge in [-0.2, -0.15) is 0 Å². The molecule has 1 aromatic carbocycles. The van der Waals surface area contributed by atoms with Gasteiger partial charge in [0.1, 0.15) is 0 Å². The maximum Gasteiger partial charge on any atom is 0.253 e. The summed E-state index contributed by atoms with van der Waals surface area (Å²) < 4.78 is 2.19. The smallest absolute Gasteiger partial charge is 0.253 e. The summed E-state index contributed by atoms with van der Waals surface area (Å²) in [7, 11) is 0. The Bertz CT molecular complexity index is 654. The predicted octanol–water partition coefficient (Wildman–Crippen LogP) is 3.07. The molecule has 3 N–H and O–H groups in total. The van der Waals surface area contributed by atoms with Crippen molar-refractivity contribution >= 4 is 5.91 Å². The van der Waals surface area contributed by atoms with E-state index in [1.165, 1.54) is 0 Å². The van der Waals surface area contributed by atoms with E-state index in [0.717, 1.165) is 28.1 Å². The van der Waals surface area contributed by atoms with E-state index in [1.807, 2.05) is 44.2 Å². The minimum atomic E-state index is -0.0251. The first-order chi connectivity index (χ1) is 10.4. The number of aromatic nitrogens is 1. The molecular formula is C18H25N3O. The fraction of sp³-hybridized carbons (Fsp3) is 0.389. The quantitative estimate of drug-likeness (QED) is 0.891. The van der Waals surface area contributed by atoms with E-state index in [0.29, 0.717) is 19.1 Å². The van der Waals surface area contributed by atoms with Gasteiger partial charge < -0.3 is 15.6 Å².